The van der Waals surface area contributed by atoms with Gasteiger partial charge in [-0.05, 0) is 5.56 Å². The minimum Gasteiger partial charge on any atom is -0.459 e. The molecule has 0 radical (unpaired) electrons. The molecule has 1 heterocycles. The molecular weight excluding hydrogens is 392 g/mol. The second kappa shape index (κ2) is 9.53. The van der Waals surface area contributed by atoms with Gasteiger partial charge in [0.2, 0.25) is 0 Å². The van der Waals surface area contributed by atoms with E-state index >= 15 is 0 Å². The van der Waals surface area contributed by atoms with E-state index in [1.165, 1.54) is 4.57 Å². The molecule has 3 aromatic rings. The summed E-state index contributed by atoms with van der Waals surface area (Å²) in [5, 5.41) is 11.4. The van der Waals surface area contributed by atoms with Crippen LogP contribution in [-0.4, -0.2) is 22.1 Å². The number of nitrogens with zero attached hydrogens (tertiary/aromatic N) is 3. The molecule has 146 valence electrons. The Labute approximate surface area is 172 Å². The lowest BCUT2D eigenvalue weighted by Crippen LogP contribution is -2.30. The van der Waals surface area contributed by atoms with E-state index in [4.69, 9.17) is 21.6 Å². The fraction of sp³-hybridized carbons (Fsp3) is 0.143. The lowest BCUT2D eigenvalue weighted by molar-refractivity contribution is -0.145. The SMILES string of the molecule is N#CCNc1nc(Cl)c(-c2ccccc2)n(CC(=O)OCc2ccccc2)c1=O. The number of esters is 1. The molecule has 0 aliphatic carbocycles. The summed E-state index contributed by atoms with van der Waals surface area (Å²) >= 11 is 6.33. The van der Waals surface area contributed by atoms with Crippen LogP contribution in [0.4, 0.5) is 5.82 Å². The fourth-order valence-corrected chi connectivity index (χ4v) is 3.01. The van der Waals surface area contributed by atoms with Crippen molar-refractivity contribution in [3.05, 3.63) is 81.7 Å². The maximum atomic E-state index is 12.9. The number of benzene rings is 2. The highest BCUT2D eigenvalue weighted by molar-refractivity contribution is 6.32. The number of hydrogen-bond acceptors (Lipinski definition) is 6. The van der Waals surface area contributed by atoms with Gasteiger partial charge in [-0.1, -0.05) is 72.3 Å². The number of nitriles is 1. The summed E-state index contributed by atoms with van der Waals surface area (Å²) in [5.41, 5.74) is 1.20. The molecule has 0 aliphatic rings. The van der Waals surface area contributed by atoms with E-state index in [9.17, 15) is 9.59 Å². The van der Waals surface area contributed by atoms with Gasteiger partial charge >= 0.3 is 5.97 Å². The van der Waals surface area contributed by atoms with Crippen molar-refractivity contribution in [1.29, 1.82) is 5.26 Å². The van der Waals surface area contributed by atoms with Gasteiger partial charge in [0.15, 0.2) is 11.0 Å². The number of halogens is 1. The average Bonchev–Trinajstić information content (AvgIpc) is 2.75. The molecule has 0 saturated carbocycles. The predicted molar refractivity (Wildman–Crippen MR) is 109 cm³/mol. The summed E-state index contributed by atoms with van der Waals surface area (Å²) in [6, 6.07) is 20.0. The number of rotatable bonds is 7. The largest absolute Gasteiger partial charge is 0.459 e. The zero-order chi connectivity index (χ0) is 20.6. The van der Waals surface area contributed by atoms with Gasteiger partial charge in [-0.2, -0.15) is 5.26 Å². The molecule has 0 saturated heterocycles. The zero-order valence-corrected chi connectivity index (χ0v) is 16.1. The van der Waals surface area contributed by atoms with Crippen LogP contribution in [0.25, 0.3) is 11.3 Å². The van der Waals surface area contributed by atoms with Gasteiger partial charge in [0.25, 0.3) is 5.56 Å². The molecule has 0 bridgehead atoms. The van der Waals surface area contributed by atoms with Crippen LogP contribution in [0.3, 0.4) is 0 Å². The number of ether oxygens (including phenoxy) is 1. The molecule has 1 N–H and O–H groups in total. The molecule has 1 aromatic heterocycles. The third-order valence-electron chi connectivity index (χ3n) is 4.03. The minimum atomic E-state index is -0.596. The Morgan fingerprint density at radius 3 is 2.45 bits per heavy atom. The smallest absolute Gasteiger partial charge is 0.326 e. The Morgan fingerprint density at radius 2 is 1.79 bits per heavy atom. The van der Waals surface area contributed by atoms with E-state index in [1.807, 2.05) is 42.5 Å². The maximum Gasteiger partial charge on any atom is 0.326 e. The Bertz CT molecular complexity index is 1090. The van der Waals surface area contributed by atoms with Gasteiger partial charge < -0.3 is 10.1 Å². The normalized spacial score (nSPS) is 10.2. The van der Waals surface area contributed by atoms with Crippen molar-refractivity contribution in [2.45, 2.75) is 13.2 Å². The lowest BCUT2D eigenvalue weighted by Gasteiger charge is -2.16. The number of carbonyl (C=O) groups is 1. The van der Waals surface area contributed by atoms with Crippen LogP contribution in [0.5, 0.6) is 0 Å². The summed E-state index contributed by atoms with van der Waals surface area (Å²) in [6.07, 6.45) is 0. The quantitative estimate of drug-likeness (QED) is 0.476. The van der Waals surface area contributed by atoms with Gasteiger partial charge in [0.05, 0.1) is 11.8 Å². The third kappa shape index (κ3) is 5.00. The summed E-state index contributed by atoms with van der Waals surface area (Å²) in [7, 11) is 0. The first-order chi connectivity index (χ1) is 14.1. The van der Waals surface area contributed by atoms with Crippen molar-refractivity contribution < 1.29 is 9.53 Å². The zero-order valence-electron chi connectivity index (χ0n) is 15.3. The predicted octanol–water partition coefficient (Wildman–Crippen LogP) is 3.24. The monoisotopic (exact) mass is 408 g/mol. The summed E-state index contributed by atoms with van der Waals surface area (Å²) < 4.78 is 6.51. The van der Waals surface area contributed by atoms with Crippen LogP contribution in [0, 0.1) is 11.3 Å². The number of anilines is 1. The van der Waals surface area contributed by atoms with Crippen molar-refractivity contribution >= 4 is 23.4 Å². The Hall–Kier alpha value is -3.63. The van der Waals surface area contributed by atoms with Gasteiger partial charge in [-0.25, -0.2) is 4.98 Å². The molecule has 3 rings (SSSR count). The van der Waals surface area contributed by atoms with E-state index < -0.39 is 11.5 Å². The van der Waals surface area contributed by atoms with Crippen molar-refractivity contribution in [2.24, 2.45) is 0 Å². The first-order valence-corrected chi connectivity index (χ1v) is 9.14. The van der Waals surface area contributed by atoms with Crippen LogP contribution in [-0.2, 0) is 22.7 Å². The van der Waals surface area contributed by atoms with E-state index in [-0.39, 0.29) is 30.7 Å². The summed E-state index contributed by atoms with van der Waals surface area (Å²) in [5.74, 6) is -0.700. The molecule has 0 spiro atoms. The summed E-state index contributed by atoms with van der Waals surface area (Å²) in [4.78, 5) is 29.4. The highest BCUT2D eigenvalue weighted by Gasteiger charge is 2.19. The second-order valence-corrected chi connectivity index (χ2v) is 6.37. The van der Waals surface area contributed by atoms with E-state index in [0.717, 1.165) is 5.56 Å². The molecule has 0 fully saturated rings. The fourth-order valence-electron chi connectivity index (χ4n) is 2.71. The molecule has 0 unspecified atom stereocenters. The van der Waals surface area contributed by atoms with Crippen LogP contribution in [0.1, 0.15) is 5.56 Å². The third-order valence-corrected chi connectivity index (χ3v) is 4.30. The van der Waals surface area contributed by atoms with Gasteiger partial charge in [-0.3, -0.25) is 14.2 Å². The highest BCUT2D eigenvalue weighted by atomic mass is 35.5. The van der Waals surface area contributed by atoms with E-state index in [0.29, 0.717) is 11.3 Å². The van der Waals surface area contributed by atoms with Crippen LogP contribution >= 0.6 is 11.6 Å². The first-order valence-electron chi connectivity index (χ1n) is 8.76. The van der Waals surface area contributed by atoms with Gasteiger partial charge in [0, 0.05) is 5.56 Å². The maximum absolute atomic E-state index is 12.9. The van der Waals surface area contributed by atoms with Crippen molar-refractivity contribution in [3.63, 3.8) is 0 Å². The molecule has 8 heteroatoms. The van der Waals surface area contributed by atoms with Crippen molar-refractivity contribution in [2.75, 3.05) is 11.9 Å². The summed E-state index contributed by atoms with van der Waals surface area (Å²) in [6.45, 7) is -0.380. The van der Waals surface area contributed by atoms with Gasteiger partial charge in [0.1, 0.15) is 19.7 Å². The minimum absolute atomic E-state index is 0.0344. The second-order valence-electron chi connectivity index (χ2n) is 6.02. The molecule has 0 aliphatic heterocycles. The average molecular weight is 409 g/mol. The molecule has 0 amide bonds. The highest BCUT2D eigenvalue weighted by Crippen LogP contribution is 2.26. The van der Waals surface area contributed by atoms with Crippen LogP contribution in [0.15, 0.2) is 65.5 Å². The number of hydrogen-bond donors (Lipinski definition) is 1. The number of nitrogens with one attached hydrogen (secondary N) is 1. The molecule has 2 aromatic carbocycles. The number of carbonyl (C=O) groups excluding carboxylic acids is 1. The Kier molecular flexibility index (Phi) is 6.61. The number of aromatic nitrogens is 2. The van der Waals surface area contributed by atoms with Crippen molar-refractivity contribution in [1.82, 2.24) is 9.55 Å². The molecular formula is C21H17ClN4O3. The van der Waals surface area contributed by atoms with Gasteiger partial charge in [-0.15, -0.1) is 0 Å². The Morgan fingerprint density at radius 1 is 1.14 bits per heavy atom. The van der Waals surface area contributed by atoms with E-state index in [2.05, 4.69) is 10.3 Å². The molecule has 7 nitrogen and oxygen atoms in total. The topological polar surface area (TPSA) is 97.0 Å². The first kappa shape index (κ1) is 20.1. The van der Waals surface area contributed by atoms with Crippen LogP contribution in [0.2, 0.25) is 5.15 Å². The standard InChI is InChI=1S/C21H17ClN4O3/c22-19-18(16-9-5-2-6-10-16)26(21(28)20(25-19)24-12-11-23)13-17(27)29-14-15-7-3-1-4-8-15/h1-10H,12-14H2,(H,24,25). The van der Waals surface area contributed by atoms with Crippen LogP contribution < -0.4 is 10.9 Å². The molecule has 29 heavy (non-hydrogen) atoms. The Balaban J connectivity index is 1.93. The van der Waals surface area contributed by atoms with E-state index in [1.54, 1.807) is 24.3 Å². The lowest BCUT2D eigenvalue weighted by atomic mass is 10.1. The molecule has 0 atom stereocenters. The van der Waals surface area contributed by atoms with Crippen molar-refractivity contribution in [3.8, 4) is 17.3 Å².